The summed E-state index contributed by atoms with van der Waals surface area (Å²) in [5.74, 6) is -0.548. The Bertz CT molecular complexity index is 1530. The molecule has 2 N–H and O–H groups in total. The summed E-state index contributed by atoms with van der Waals surface area (Å²) in [7, 11) is 0. The third-order valence-electron chi connectivity index (χ3n) is 5.56. The van der Waals surface area contributed by atoms with Crippen molar-refractivity contribution in [2.75, 3.05) is 19.8 Å². The van der Waals surface area contributed by atoms with Crippen LogP contribution in [0.2, 0.25) is 0 Å². The molecular formula is C27H19N3O6. The van der Waals surface area contributed by atoms with Crippen molar-refractivity contribution in [2.24, 2.45) is 0 Å². The monoisotopic (exact) mass is 481 g/mol. The van der Waals surface area contributed by atoms with Crippen LogP contribution in [0.5, 0.6) is 11.5 Å². The maximum absolute atomic E-state index is 13.2. The summed E-state index contributed by atoms with van der Waals surface area (Å²) in [6, 6.07) is 20.1. The van der Waals surface area contributed by atoms with Crippen LogP contribution >= 0.6 is 0 Å². The maximum atomic E-state index is 13.2. The molecule has 1 aliphatic rings. The van der Waals surface area contributed by atoms with Crippen molar-refractivity contribution in [2.45, 2.75) is 0 Å². The average Bonchev–Trinajstić information content (AvgIpc) is 3.35. The van der Waals surface area contributed by atoms with Crippen LogP contribution in [0, 0.1) is 11.3 Å². The molecule has 1 aliphatic heterocycles. The van der Waals surface area contributed by atoms with Crippen molar-refractivity contribution < 1.29 is 28.9 Å². The Morgan fingerprint density at radius 3 is 2.50 bits per heavy atom. The number of nitrogens with one attached hydrogen (secondary N) is 1. The number of aromatic nitrogens is 2. The molecule has 2 heterocycles. The van der Waals surface area contributed by atoms with Gasteiger partial charge in [0.05, 0.1) is 16.6 Å². The zero-order valence-corrected chi connectivity index (χ0v) is 18.9. The molecule has 0 spiro atoms. The lowest BCUT2D eigenvalue weighted by molar-refractivity contribution is 0.0500. The summed E-state index contributed by atoms with van der Waals surface area (Å²) < 4.78 is 16.3. The molecule has 0 aliphatic carbocycles. The number of H-pyrrole nitrogens is 1. The highest BCUT2D eigenvalue weighted by atomic mass is 16.6. The summed E-state index contributed by atoms with van der Waals surface area (Å²) >= 11 is 0. The molecule has 0 atom stereocenters. The van der Waals surface area contributed by atoms with E-state index in [2.05, 4.69) is 9.97 Å². The molecule has 36 heavy (non-hydrogen) atoms. The fourth-order valence-electron chi connectivity index (χ4n) is 3.81. The number of carbonyl (C=O) groups is 2. The molecule has 0 unspecified atom stereocenters. The Hall–Kier alpha value is -5.10. The minimum atomic E-state index is -0.829. The lowest BCUT2D eigenvalue weighted by Gasteiger charge is -2.18. The second-order valence-electron chi connectivity index (χ2n) is 7.85. The number of ether oxygens (including phenoxy) is 3. The largest absolute Gasteiger partial charge is 0.507 e. The van der Waals surface area contributed by atoms with Gasteiger partial charge in [0.15, 0.2) is 28.9 Å². The number of nitrogens with zero attached hydrogens (tertiary/aromatic N) is 2. The minimum absolute atomic E-state index is 0.0208. The van der Waals surface area contributed by atoms with E-state index >= 15 is 0 Å². The number of aliphatic hydroxyl groups excluding tert-OH is 1. The number of allylic oxidation sites excluding steroid dienone is 1. The Balaban J connectivity index is 1.36. The Morgan fingerprint density at radius 1 is 1.00 bits per heavy atom. The molecule has 0 bridgehead atoms. The van der Waals surface area contributed by atoms with Crippen molar-refractivity contribution in [3.8, 4) is 17.6 Å². The van der Waals surface area contributed by atoms with E-state index in [-0.39, 0.29) is 22.5 Å². The minimum Gasteiger partial charge on any atom is -0.507 e. The zero-order valence-electron chi connectivity index (χ0n) is 18.9. The molecule has 9 nitrogen and oxygen atoms in total. The molecule has 0 radical (unpaired) electrons. The highest BCUT2D eigenvalue weighted by Crippen LogP contribution is 2.32. The summed E-state index contributed by atoms with van der Waals surface area (Å²) in [4.78, 5) is 33.3. The fraction of sp³-hybridized carbons (Fsp3) is 0.111. The quantitative estimate of drug-likeness (QED) is 0.181. The lowest BCUT2D eigenvalue weighted by atomic mass is 9.98. The predicted molar refractivity (Wildman–Crippen MR) is 129 cm³/mol. The number of imidazole rings is 1. The maximum Gasteiger partial charge on any atom is 0.339 e. The molecule has 4 aromatic rings. The van der Waals surface area contributed by atoms with Gasteiger partial charge in [-0.1, -0.05) is 30.3 Å². The van der Waals surface area contributed by atoms with E-state index in [1.807, 2.05) is 12.1 Å². The van der Waals surface area contributed by atoms with Crippen LogP contribution in [0.15, 0.2) is 72.5 Å². The van der Waals surface area contributed by atoms with Crippen LogP contribution in [0.4, 0.5) is 0 Å². The van der Waals surface area contributed by atoms with E-state index < -0.39 is 24.1 Å². The average molecular weight is 481 g/mol. The van der Waals surface area contributed by atoms with Gasteiger partial charge in [-0.2, -0.15) is 5.26 Å². The van der Waals surface area contributed by atoms with Crippen LogP contribution in [0.25, 0.3) is 16.6 Å². The standard InChI is InChI=1S/C27H19N3O6/c28-14-19(26-29-20-7-3-4-8-21(20)30-26)22(31)15-36-27(33)18-6-2-1-5-17(18)25(32)16-9-10-23-24(13-16)35-12-11-34-23/h1-10,13,31H,11-12,15H2,(H,29,30). The number of ketones is 1. The SMILES string of the molecule is N#CC(=C(O)COC(=O)c1ccccc1C(=O)c1ccc2c(c1)OCCO2)c1nc2ccccc2[nH]1. The molecule has 178 valence electrons. The number of carbonyl (C=O) groups excluding carboxylic acids is 2. The Labute approximate surface area is 205 Å². The molecule has 9 heteroatoms. The van der Waals surface area contributed by atoms with Gasteiger partial charge in [0.25, 0.3) is 0 Å². The first-order valence-electron chi connectivity index (χ1n) is 11.0. The smallest absolute Gasteiger partial charge is 0.339 e. The van der Waals surface area contributed by atoms with Gasteiger partial charge >= 0.3 is 5.97 Å². The van der Waals surface area contributed by atoms with Crippen molar-refractivity contribution in [3.05, 3.63) is 95.0 Å². The molecule has 1 aromatic heterocycles. The van der Waals surface area contributed by atoms with E-state index in [1.54, 1.807) is 48.5 Å². The van der Waals surface area contributed by atoms with Gasteiger partial charge < -0.3 is 24.3 Å². The number of para-hydroxylation sites is 2. The van der Waals surface area contributed by atoms with Crippen molar-refractivity contribution >= 4 is 28.4 Å². The van der Waals surface area contributed by atoms with Gasteiger partial charge in [-0.25, -0.2) is 9.78 Å². The first-order valence-corrected chi connectivity index (χ1v) is 11.0. The van der Waals surface area contributed by atoms with E-state index in [0.29, 0.717) is 41.3 Å². The number of hydrogen-bond acceptors (Lipinski definition) is 8. The summed E-state index contributed by atoms with van der Waals surface area (Å²) in [5, 5.41) is 20.0. The van der Waals surface area contributed by atoms with Gasteiger partial charge in [-0.15, -0.1) is 0 Å². The normalized spacial score (nSPS) is 13.0. The molecule has 5 rings (SSSR count). The number of benzene rings is 3. The van der Waals surface area contributed by atoms with Gasteiger partial charge in [0.2, 0.25) is 0 Å². The van der Waals surface area contributed by atoms with E-state index in [0.717, 1.165) is 0 Å². The molecular weight excluding hydrogens is 462 g/mol. The topological polar surface area (TPSA) is 135 Å². The Morgan fingerprint density at radius 2 is 1.72 bits per heavy atom. The third-order valence-corrected chi connectivity index (χ3v) is 5.56. The zero-order chi connectivity index (χ0) is 25.1. The number of aromatic amines is 1. The van der Waals surface area contributed by atoms with E-state index in [4.69, 9.17) is 14.2 Å². The fourth-order valence-corrected chi connectivity index (χ4v) is 3.81. The summed E-state index contributed by atoms with van der Waals surface area (Å²) in [6.07, 6.45) is 0. The second-order valence-corrected chi connectivity index (χ2v) is 7.85. The van der Waals surface area contributed by atoms with Gasteiger partial charge in [0, 0.05) is 11.1 Å². The number of aliphatic hydroxyl groups is 1. The van der Waals surface area contributed by atoms with Crippen molar-refractivity contribution in [3.63, 3.8) is 0 Å². The number of rotatable bonds is 6. The number of nitriles is 1. The van der Waals surface area contributed by atoms with Crippen LogP contribution in [0.1, 0.15) is 32.1 Å². The van der Waals surface area contributed by atoms with E-state index in [1.165, 1.54) is 12.1 Å². The van der Waals surface area contributed by atoms with Gasteiger partial charge in [-0.05, 0) is 36.4 Å². The number of esters is 1. The molecule has 0 saturated carbocycles. The second kappa shape index (κ2) is 9.64. The van der Waals surface area contributed by atoms with Gasteiger partial charge in [-0.3, -0.25) is 4.79 Å². The summed E-state index contributed by atoms with van der Waals surface area (Å²) in [6.45, 7) is 0.231. The molecule has 0 saturated heterocycles. The lowest BCUT2D eigenvalue weighted by Crippen LogP contribution is -2.17. The molecule has 0 amide bonds. The predicted octanol–water partition coefficient (Wildman–Crippen LogP) is 4.21. The number of fused-ring (bicyclic) bond motifs is 2. The van der Waals surface area contributed by atoms with Crippen LogP contribution in [-0.4, -0.2) is 46.6 Å². The highest BCUT2D eigenvalue weighted by molar-refractivity contribution is 6.14. The van der Waals surface area contributed by atoms with Gasteiger partial charge in [0.1, 0.15) is 31.5 Å². The van der Waals surface area contributed by atoms with Crippen LogP contribution < -0.4 is 9.47 Å². The third kappa shape index (κ3) is 4.35. The number of hydrogen-bond donors (Lipinski definition) is 2. The Kier molecular flexibility index (Phi) is 6.07. The van der Waals surface area contributed by atoms with Crippen molar-refractivity contribution in [1.29, 1.82) is 5.26 Å². The van der Waals surface area contributed by atoms with Crippen molar-refractivity contribution in [1.82, 2.24) is 9.97 Å². The highest BCUT2D eigenvalue weighted by Gasteiger charge is 2.22. The van der Waals surface area contributed by atoms with Crippen LogP contribution in [-0.2, 0) is 4.74 Å². The summed E-state index contributed by atoms with van der Waals surface area (Å²) in [5.41, 5.74) is 1.62. The molecule has 0 fully saturated rings. The first kappa shape index (κ1) is 22.7. The van der Waals surface area contributed by atoms with Crippen LogP contribution in [0.3, 0.4) is 0 Å². The molecule has 3 aromatic carbocycles. The first-order chi connectivity index (χ1) is 17.5. The van der Waals surface area contributed by atoms with E-state index in [9.17, 15) is 20.0 Å².